The van der Waals surface area contributed by atoms with Crippen LogP contribution in [-0.2, 0) is 14.2 Å². The highest BCUT2D eigenvalue weighted by Crippen LogP contribution is 2.38. The number of aliphatic hydroxyl groups excluding tert-OH is 1. The van der Waals surface area contributed by atoms with Crippen LogP contribution in [0.2, 0.25) is 0 Å². The first-order chi connectivity index (χ1) is 10.0. The maximum absolute atomic E-state index is 9.45. The van der Waals surface area contributed by atoms with Crippen molar-refractivity contribution in [2.75, 3.05) is 6.61 Å². The second-order valence-electron chi connectivity index (χ2n) is 6.26. The molecule has 3 rings (SSSR count). The van der Waals surface area contributed by atoms with Crippen LogP contribution in [0.3, 0.4) is 0 Å². The monoisotopic (exact) mass is 294 g/mol. The topological polar surface area (TPSA) is 83.7 Å². The quantitative estimate of drug-likeness (QED) is 0.813. The summed E-state index contributed by atoms with van der Waals surface area (Å²) in [6, 6.07) is 2.27. The van der Waals surface area contributed by atoms with Gasteiger partial charge in [0.2, 0.25) is 0 Å². The van der Waals surface area contributed by atoms with Gasteiger partial charge in [0.1, 0.15) is 18.3 Å². The zero-order valence-electron chi connectivity index (χ0n) is 12.5. The minimum Gasteiger partial charge on any atom is -0.394 e. The molecule has 3 aliphatic rings. The third kappa shape index (κ3) is 2.79. The SMILES string of the molecule is CC1(C)OC2C(CO)OC(NC3=C(C#N)CCCC3)C2O1. The fourth-order valence-corrected chi connectivity index (χ4v) is 3.30. The second kappa shape index (κ2) is 5.58. The van der Waals surface area contributed by atoms with Crippen molar-refractivity contribution in [2.24, 2.45) is 0 Å². The van der Waals surface area contributed by atoms with Crippen molar-refractivity contribution in [3.05, 3.63) is 11.3 Å². The van der Waals surface area contributed by atoms with E-state index in [-0.39, 0.29) is 25.0 Å². The van der Waals surface area contributed by atoms with Crippen LogP contribution >= 0.6 is 0 Å². The molecule has 2 heterocycles. The Labute approximate surface area is 124 Å². The Hall–Kier alpha value is -1.13. The highest BCUT2D eigenvalue weighted by atomic mass is 16.8. The number of nitrogens with zero attached hydrogens (tertiary/aromatic N) is 1. The van der Waals surface area contributed by atoms with Crippen LogP contribution in [-0.4, -0.2) is 42.0 Å². The first-order valence-electron chi connectivity index (χ1n) is 7.54. The minimum atomic E-state index is -0.675. The number of fused-ring (bicyclic) bond motifs is 1. The molecule has 0 radical (unpaired) electrons. The van der Waals surface area contributed by atoms with Crippen molar-refractivity contribution < 1.29 is 19.3 Å². The van der Waals surface area contributed by atoms with Gasteiger partial charge in [-0.2, -0.15) is 5.26 Å². The third-order valence-electron chi connectivity index (χ3n) is 4.25. The van der Waals surface area contributed by atoms with E-state index in [1.807, 2.05) is 13.8 Å². The molecule has 6 nitrogen and oxygen atoms in total. The standard InChI is InChI=1S/C15H22N2O4/c1-15(2)20-12-11(8-18)19-14(13(12)21-15)17-10-6-4-3-5-9(10)7-16/h11-14,17-18H,3-6,8H2,1-2H3. The highest BCUT2D eigenvalue weighted by Gasteiger charge is 2.55. The highest BCUT2D eigenvalue weighted by molar-refractivity contribution is 5.29. The molecule has 2 N–H and O–H groups in total. The smallest absolute Gasteiger partial charge is 0.164 e. The molecule has 0 aromatic rings. The van der Waals surface area contributed by atoms with E-state index in [1.54, 1.807) is 0 Å². The van der Waals surface area contributed by atoms with E-state index in [1.165, 1.54) is 0 Å². The zero-order valence-corrected chi connectivity index (χ0v) is 12.5. The fourth-order valence-electron chi connectivity index (χ4n) is 3.30. The number of allylic oxidation sites excluding steroid dienone is 2. The van der Waals surface area contributed by atoms with Crippen LogP contribution in [0, 0.1) is 11.3 Å². The zero-order chi connectivity index (χ0) is 15.0. The lowest BCUT2D eigenvalue weighted by molar-refractivity contribution is -0.192. The van der Waals surface area contributed by atoms with Gasteiger partial charge in [0.05, 0.1) is 12.7 Å². The number of hydrogen-bond acceptors (Lipinski definition) is 6. The van der Waals surface area contributed by atoms with Crippen LogP contribution < -0.4 is 5.32 Å². The van der Waals surface area contributed by atoms with Gasteiger partial charge in [-0.1, -0.05) is 0 Å². The van der Waals surface area contributed by atoms with E-state index in [4.69, 9.17) is 14.2 Å². The molecule has 1 aliphatic carbocycles. The lowest BCUT2D eigenvalue weighted by Crippen LogP contribution is -2.41. The van der Waals surface area contributed by atoms with Crippen LogP contribution in [0.1, 0.15) is 39.5 Å². The molecule has 2 saturated heterocycles. The van der Waals surface area contributed by atoms with Crippen LogP contribution in [0.5, 0.6) is 0 Å². The van der Waals surface area contributed by atoms with E-state index in [0.717, 1.165) is 37.0 Å². The molecule has 4 unspecified atom stereocenters. The molecule has 0 aromatic carbocycles. The number of hydrogen-bond donors (Lipinski definition) is 2. The van der Waals surface area contributed by atoms with Gasteiger partial charge in [-0.05, 0) is 39.5 Å². The normalized spacial score (nSPS) is 38.2. The second-order valence-corrected chi connectivity index (χ2v) is 6.26. The summed E-state index contributed by atoms with van der Waals surface area (Å²) in [5.41, 5.74) is 1.74. The molecule has 0 amide bonds. The summed E-state index contributed by atoms with van der Waals surface area (Å²) in [5.74, 6) is -0.675. The molecular formula is C15H22N2O4. The summed E-state index contributed by atoms with van der Waals surface area (Å²) in [6.07, 6.45) is 2.45. The van der Waals surface area contributed by atoms with Gasteiger partial charge < -0.3 is 24.6 Å². The van der Waals surface area contributed by atoms with E-state index in [9.17, 15) is 10.4 Å². The lowest BCUT2D eigenvalue weighted by atomic mass is 9.97. The average Bonchev–Trinajstić information content (AvgIpc) is 2.93. The molecule has 116 valence electrons. The van der Waals surface area contributed by atoms with E-state index < -0.39 is 11.9 Å². The van der Waals surface area contributed by atoms with Gasteiger partial charge in [-0.3, -0.25) is 0 Å². The summed E-state index contributed by atoms with van der Waals surface area (Å²) in [6.45, 7) is 3.61. The van der Waals surface area contributed by atoms with Crippen LogP contribution in [0.4, 0.5) is 0 Å². The van der Waals surface area contributed by atoms with E-state index >= 15 is 0 Å². The molecule has 6 heteroatoms. The maximum Gasteiger partial charge on any atom is 0.164 e. The first kappa shape index (κ1) is 14.8. The molecule has 0 spiro atoms. The Morgan fingerprint density at radius 2 is 2.00 bits per heavy atom. The van der Waals surface area contributed by atoms with Crippen molar-refractivity contribution in [3.63, 3.8) is 0 Å². The van der Waals surface area contributed by atoms with Gasteiger partial charge >= 0.3 is 0 Å². The Bertz CT molecular complexity index is 483. The molecule has 21 heavy (non-hydrogen) atoms. The number of nitrogens with one attached hydrogen (secondary N) is 1. The van der Waals surface area contributed by atoms with Crippen molar-refractivity contribution in [3.8, 4) is 6.07 Å². The average molecular weight is 294 g/mol. The minimum absolute atomic E-state index is 0.108. The molecule has 0 aromatic heterocycles. The number of rotatable bonds is 3. The fraction of sp³-hybridized carbons (Fsp3) is 0.800. The van der Waals surface area contributed by atoms with E-state index in [0.29, 0.717) is 0 Å². The lowest BCUT2D eigenvalue weighted by Gasteiger charge is -2.27. The Kier molecular flexibility index (Phi) is 3.93. The largest absolute Gasteiger partial charge is 0.394 e. The first-order valence-corrected chi connectivity index (χ1v) is 7.54. The van der Waals surface area contributed by atoms with Gasteiger partial charge in [0.15, 0.2) is 12.0 Å². The predicted molar refractivity (Wildman–Crippen MR) is 73.8 cm³/mol. The number of nitriles is 1. The predicted octanol–water partition coefficient (Wildman–Crippen LogP) is 1.16. The molecule has 2 fully saturated rings. The van der Waals surface area contributed by atoms with Crippen molar-refractivity contribution in [1.82, 2.24) is 5.32 Å². The summed E-state index contributed by atoms with van der Waals surface area (Å²) in [4.78, 5) is 0. The maximum atomic E-state index is 9.45. The van der Waals surface area contributed by atoms with E-state index in [2.05, 4.69) is 11.4 Å². The Balaban J connectivity index is 1.77. The summed E-state index contributed by atoms with van der Waals surface area (Å²) in [7, 11) is 0. The van der Waals surface area contributed by atoms with Crippen molar-refractivity contribution >= 4 is 0 Å². The van der Waals surface area contributed by atoms with Gasteiger partial charge in [0.25, 0.3) is 0 Å². The van der Waals surface area contributed by atoms with Crippen molar-refractivity contribution in [2.45, 2.75) is 69.9 Å². The number of aliphatic hydroxyl groups is 1. The number of ether oxygens (including phenoxy) is 3. The molecule has 0 saturated carbocycles. The summed E-state index contributed by atoms with van der Waals surface area (Å²) >= 11 is 0. The van der Waals surface area contributed by atoms with Crippen molar-refractivity contribution in [1.29, 1.82) is 5.26 Å². The molecular weight excluding hydrogens is 272 g/mol. The summed E-state index contributed by atoms with van der Waals surface area (Å²) < 4.78 is 17.5. The van der Waals surface area contributed by atoms with Crippen LogP contribution in [0.15, 0.2) is 11.3 Å². The van der Waals surface area contributed by atoms with Gasteiger partial charge in [-0.15, -0.1) is 0 Å². The third-order valence-corrected chi connectivity index (χ3v) is 4.25. The summed E-state index contributed by atoms with van der Waals surface area (Å²) in [5, 5.41) is 22.0. The van der Waals surface area contributed by atoms with Gasteiger partial charge in [0, 0.05) is 11.3 Å². The van der Waals surface area contributed by atoms with Gasteiger partial charge in [-0.25, -0.2) is 0 Å². The Morgan fingerprint density at radius 3 is 2.71 bits per heavy atom. The molecule has 0 bridgehead atoms. The van der Waals surface area contributed by atoms with Crippen LogP contribution in [0.25, 0.3) is 0 Å². The Morgan fingerprint density at radius 1 is 1.29 bits per heavy atom. The molecule has 2 aliphatic heterocycles. The molecule has 4 atom stereocenters.